The van der Waals surface area contributed by atoms with E-state index in [0.29, 0.717) is 28.7 Å². The second kappa shape index (κ2) is 10.2. The smallest absolute Gasteiger partial charge is 0.249 e. The van der Waals surface area contributed by atoms with Crippen LogP contribution in [-0.2, 0) is 16.1 Å². The number of fused-ring (bicyclic) bond motifs is 1. The van der Waals surface area contributed by atoms with Crippen LogP contribution >= 0.6 is 0 Å². The SMILES string of the molecule is CCC(C)(C)NC(=O)[C@H](c1ccc(F)cc1)N(C(=O)Cn1nnc2ccccc21)c1ccc(F)cc1. The highest BCUT2D eigenvalue weighted by molar-refractivity contribution is 6.01. The molecule has 3 aromatic carbocycles. The van der Waals surface area contributed by atoms with E-state index in [2.05, 4.69) is 15.6 Å². The topological polar surface area (TPSA) is 80.1 Å². The molecule has 0 aliphatic heterocycles. The van der Waals surface area contributed by atoms with E-state index >= 15 is 0 Å². The molecule has 4 rings (SSSR count). The summed E-state index contributed by atoms with van der Waals surface area (Å²) in [7, 11) is 0. The summed E-state index contributed by atoms with van der Waals surface area (Å²) in [5, 5.41) is 11.2. The molecule has 0 spiro atoms. The lowest BCUT2D eigenvalue weighted by molar-refractivity contribution is -0.128. The number of hydrogen-bond acceptors (Lipinski definition) is 4. The molecule has 1 heterocycles. The summed E-state index contributed by atoms with van der Waals surface area (Å²) in [6, 6.07) is 16.8. The average molecular weight is 492 g/mol. The zero-order valence-corrected chi connectivity index (χ0v) is 20.3. The number of carbonyl (C=O) groups is 2. The number of aromatic nitrogens is 3. The first kappa shape index (κ1) is 25.0. The van der Waals surface area contributed by atoms with Crippen LogP contribution in [0.1, 0.15) is 38.8 Å². The van der Waals surface area contributed by atoms with Crippen LogP contribution in [0.4, 0.5) is 14.5 Å². The van der Waals surface area contributed by atoms with Crippen molar-refractivity contribution in [3.05, 3.63) is 90.0 Å². The number of anilines is 1. The molecule has 0 saturated heterocycles. The number of para-hydroxylation sites is 1. The highest BCUT2D eigenvalue weighted by atomic mass is 19.1. The van der Waals surface area contributed by atoms with Gasteiger partial charge in [0.25, 0.3) is 0 Å². The van der Waals surface area contributed by atoms with Crippen molar-refractivity contribution < 1.29 is 18.4 Å². The predicted molar refractivity (Wildman–Crippen MR) is 133 cm³/mol. The molecule has 2 amide bonds. The average Bonchev–Trinajstić information content (AvgIpc) is 3.26. The van der Waals surface area contributed by atoms with Gasteiger partial charge in [-0.2, -0.15) is 0 Å². The standard InChI is InChI=1S/C27H27F2N5O2/c1-4-27(2,3)30-26(36)25(18-9-11-19(28)12-10-18)34(21-15-13-20(29)14-16-21)24(35)17-33-23-8-6-5-7-22(23)31-32-33/h5-16,25H,4,17H2,1-3H3,(H,30,36)/t25-/m0/s1. The first-order valence-electron chi connectivity index (χ1n) is 11.6. The Morgan fingerprint density at radius 2 is 1.58 bits per heavy atom. The van der Waals surface area contributed by atoms with Crippen LogP contribution in [0.2, 0.25) is 0 Å². The Bertz CT molecular complexity index is 1370. The van der Waals surface area contributed by atoms with Crippen LogP contribution in [0.3, 0.4) is 0 Å². The van der Waals surface area contributed by atoms with Crippen LogP contribution in [-0.4, -0.2) is 32.3 Å². The minimum atomic E-state index is -1.15. The minimum Gasteiger partial charge on any atom is -0.349 e. The summed E-state index contributed by atoms with van der Waals surface area (Å²) in [6.07, 6.45) is 0.643. The Labute approximate surface area is 207 Å². The molecule has 7 nitrogen and oxygen atoms in total. The van der Waals surface area contributed by atoms with Crippen molar-refractivity contribution in [2.24, 2.45) is 0 Å². The summed E-state index contributed by atoms with van der Waals surface area (Å²) in [5.74, 6) is -1.88. The molecular formula is C27H27F2N5O2. The first-order valence-corrected chi connectivity index (χ1v) is 11.6. The number of amides is 2. The van der Waals surface area contributed by atoms with Gasteiger partial charge in [0.1, 0.15) is 29.7 Å². The van der Waals surface area contributed by atoms with Gasteiger partial charge in [-0.05, 0) is 74.4 Å². The Balaban J connectivity index is 1.81. The van der Waals surface area contributed by atoms with Crippen molar-refractivity contribution in [1.29, 1.82) is 0 Å². The lowest BCUT2D eigenvalue weighted by Gasteiger charge is -2.34. The fourth-order valence-corrected chi connectivity index (χ4v) is 3.83. The molecule has 0 bridgehead atoms. The van der Waals surface area contributed by atoms with E-state index in [0.717, 1.165) is 0 Å². The number of hydrogen-bond donors (Lipinski definition) is 1. The molecule has 1 N–H and O–H groups in total. The van der Waals surface area contributed by atoms with E-state index < -0.39 is 35.0 Å². The molecule has 0 aliphatic rings. The number of carbonyl (C=O) groups excluding carboxylic acids is 2. The molecule has 186 valence electrons. The van der Waals surface area contributed by atoms with Crippen molar-refractivity contribution in [3.63, 3.8) is 0 Å². The second-order valence-corrected chi connectivity index (χ2v) is 9.16. The zero-order valence-electron chi connectivity index (χ0n) is 20.3. The van der Waals surface area contributed by atoms with Gasteiger partial charge in [-0.15, -0.1) is 5.10 Å². The first-order chi connectivity index (χ1) is 17.2. The van der Waals surface area contributed by atoms with Gasteiger partial charge >= 0.3 is 0 Å². The molecule has 0 fully saturated rings. The van der Waals surface area contributed by atoms with Gasteiger partial charge in [0, 0.05) is 11.2 Å². The van der Waals surface area contributed by atoms with Crippen LogP contribution in [0.5, 0.6) is 0 Å². The number of halogens is 2. The lowest BCUT2D eigenvalue weighted by atomic mass is 9.98. The van der Waals surface area contributed by atoms with Crippen LogP contribution < -0.4 is 10.2 Å². The normalized spacial score (nSPS) is 12.4. The summed E-state index contributed by atoms with van der Waals surface area (Å²) in [5.41, 5.74) is 1.43. The van der Waals surface area contributed by atoms with Crippen molar-refractivity contribution >= 4 is 28.5 Å². The van der Waals surface area contributed by atoms with E-state index in [9.17, 15) is 18.4 Å². The van der Waals surface area contributed by atoms with E-state index in [4.69, 9.17) is 0 Å². The molecule has 36 heavy (non-hydrogen) atoms. The minimum absolute atomic E-state index is 0.222. The fourth-order valence-electron chi connectivity index (χ4n) is 3.83. The van der Waals surface area contributed by atoms with E-state index in [1.54, 1.807) is 12.1 Å². The van der Waals surface area contributed by atoms with Gasteiger partial charge in [-0.3, -0.25) is 14.5 Å². The molecule has 0 aliphatic carbocycles. The molecule has 0 unspecified atom stereocenters. The quantitative estimate of drug-likeness (QED) is 0.384. The van der Waals surface area contributed by atoms with Crippen LogP contribution in [0.15, 0.2) is 72.8 Å². The van der Waals surface area contributed by atoms with Gasteiger partial charge in [0.05, 0.1) is 5.52 Å². The van der Waals surface area contributed by atoms with Crippen LogP contribution in [0, 0.1) is 11.6 Å². The molecule has 1 aromatic heterocycles. The van der Waals surface area contributed by atoms with E-state index in [1.165, 1.54) is 58.1 Å². The van der Waals surface area contributed by atoms with Gasteiger partial charge in [0.2, 0.25) is 11.8 Å². The van der Waals surface area contributed by atoms with Gasteiger partial charge in [-0.25, -0.2) is 13.5 Å². The second-order valence-electron chi connectivity index (χ2n) is 9.16. The molecule has 1 atom stereocenters. The zero-order chi connectivity index (χ0) is 25.9. The maximum Gasteiger partial charge on any atom is 0.249 e. The van der Waals surface area contributed by atoms with Crippen molar-refractivity contribution in [2.45, 2.75) is 45.3 Å². The van der Waals surface area contributed by atoms with Gasteiger partial charge < -0.3 is 5.32 Å². The lowest BCUT2D eigenvalue weighted by Crippen LogP contribution is -2.51. The summed E-state index contributed by atoms with van der Waals surface area (Å²) >= 11 is 0. The van der Waals surface area contributed by atoms with E-state index in [1.807, 2.05) is 32.9 Å². The summed E-state index contributed by atoms with van der Waals surface area (Å²) < 4.78 is 29.0. The fraction of sp³-hybridized carbons (Fsp3) is 0.259. The third-order valence-corrected chi connectivity index (χ3v) is 6.12. The number of rotatable bonds is 8. The van der Waals surface area contributed by atoms with E-state index in [-0.39, 0.29) is 6.54 Å². The molecule has 4 aromatic rings. The van der Waals surface area contributed by atoms with Crippen molar-refractivity contribution in [3.8, 4) is 0 Å². The molecule has 0 saturated carbocycles. The highest BCUT2D eigenvalue weighted by Crippen LogP contribution is 2.30. The number of nitrogens with zero attached hydrogens (tertiary/aromatic N) is 4. The third kappa shape index (κ3) is 5.40. The Kier molecular flexibility index (Phi) is 7.10. The molecular weight excluding hydrogens is 464 g/mol. The Morgan fingerprint density at radius 1 is 0.972 bits per heavy atom. The highest BCUT2D eigenvalue weighted by Gasteiger charge is 2.35. The third-order valence-electron chi connectivity index (χ3n) is 6.12. The maximum absolute atomic E-state index is 13.9. The Hall–Kier alpha value is -4.14. The predicted octanol–water partition coefficient (Wildman–Crippen LogP) is 4.79. The Morgan fingerprint density at radius 3 is 2.22 bits per heavy atom. The molecule has 9 heteroatoms. The maximum atomic E-state index is 13.9. The number of benzene rings is 3. The van der Waals surface area contributed by atoms with Gasteiger partial charge in [-0.1, -0.05) is 36.4 Å². The summed E-state index contributed by atoms with van der Waals surface area (Å²) in [4.78, 5) is 28.8. The summed E-state index contributed by atoms with van der Waals surface area (Å²) in [6.45, 7) is 5.46. The van der Waals surface area contributed by atoms with Crippen molar-refractivity contribution in [2.75, 3.05) is 4.90 Å². The van der Waals surface area contributed by atoms with Crippen molar-refractivity contribution in [1.82, 2.24) is 20.3 Å². The molecule has 0 radical (unpaired) electrons. The van der Waals surface area contributed by atoms with Gasteiger partial charge in [0.15, 0.2) is 0 Å². The monoisotopic (exact) mass is 491 g/mol. The largest absolute Gasteiger partial charge is 0.349 e. The van der Waals surface area contributed by atoms with Crippen LogP contribution in [0.25, 0.3) is 11.0 Å². The number of nitrogens with one attached hydrogen (secondary N) is 1.